The molecule has 2 rings (SSSR count). The summed E-state index contributed by atoms with van der Waals surface area (Å²) in [6.45, 7) is 6.66. The van der Waals surface area contributed by atoms with Gasteiger partial charge in [-0.2, -0.15) is 0 Å². The van der Waals surface area contributed by atoms with Crippen LogP contribution in [0.2, 0.25) is 5.02 Å². The van der Waals surface area contributed by atoms with Gasteiger partial charge in [0.1, 0.15) is 18.3 Å². The summed E-state index contributed by atoms with van der Waals surface area (Å²) in [4.78, 5) is 27.8. The molecule has 0 aliphatic carbocycles. The van der Waals surface area contributed by atoms with E-state index in [0.29, 0.717) is 16.3 Å². The van der Waals surface area contributed by atoms with Gasteiger partial charge in [0, 0.05) is 23.2 Å². The van der Waals surface area contributed by atoms with Crippen LogP contribution in [0.15, 0.2) is 48.5 Å². The van der Waals surface area contributed by atoms with Gasteiger partial charge in [-0.1, -0.05) is 35.9 Å². The molecule has 34 heavy (non-hydrogen) atoms. The SMILES string of the molecule is COc1cccc(N(CC(=O)N(Cc2ccccc2Cl)[C@@H](C)C(=O)NC(C)(C)C)S(C)(=O)=O)c1. The van der Waals surface area contributed by atoms with Gasteiger partial charge in [0.2, 0.25) is 21.8 Å². The van der Waals surface area contributed by atoms with Crippen LogP contribution >= 0.6 is 11.6 Å². The number of rotatable bonds is 9. The van der Waals surface area contributed by atoms with E-state index < -0.39 is 34.1 Å². The van der Waals surface area contributed by atoms with E-state index in [2.05, 4.69) is 5.32 Å². The van der Waals surface area contributed by atoms with Crippen LogP contribution in [-0.2, 0) is 26.2 Å². The summed E-state index contributed by atoms with van der Waals surface area (Å²) in [5, 5.41) is 3.31. The highest BCUT2D eigenvalue weighted by molar-refractivity contribution is 7.92. The summed E-state index contributed by atoms with van der Waals surface area (Å²) in [6, 6.07) is 12.5. The van der Waals surface area contributed by atoms with Crippen molar-refractivity contribution in [1.29, 1.82) is 0 Å². The molecule has 0 aliphatic heterocycles. The number of anilines is 1. The van der Waals surface area contributed by atoms with Crippen molar-refractivity contribution in [3.63, 3.8) is 0 Å². The second kappa shape index (κ2) is 11.1. The van der Waals surface area contributed by atoms with E-state index in [4.69, 9.17) is 16.3 Å². The zero-order valence-electron chi connectivity index (χ0n) is 20.3. The molecule has 186 valence electrons. The number of halogens is 1. The molecular weight excluding hydrogens is 478 g/mol. The van der Waals surface area contributed by atoms with Crippen LogP contribution in [0.3, 0.4) is 0 Å². The predicted molar refractivity (Wildman–Crippen MR) is 135 cm³/mol. The number of methoxy groups -OCH3 is 1. The Hall–Kier alpha value is -2.78. The van der Waals surface area contributed by atoms with Crippen LogP contribution < -0.4 is 14.4 Å². The number of nitrogens with one attached hydrogen (secondary N) is 1. The van der Waals surface area contributed by atoms with E-state index in [0.717, 1.165) is 10.6 Å². The van der Waals surface area contributed by atoms with Crippen molar-refractivity contribution in [1.82, 2.24) is 10.2 Å². The predicted octanol–water partition coefficient (Wildman–Crippen LogP) is 3.45. The fourth-order valence-corrected chi connectivity index (χ4v) is 4.28. The molecule has 1 N–H and O–H groups in total. The number of nitrogens with zero attached hydrogens (tertiary/aromatic N) is 2. The number of carbonyl (C=O) groups excluding carboxylic acids is 2. The van der Waals surface area contributed by atoms with Crippen molar-refractivity contribution in [2.45, 2.75) is 45.8 Å². The van der Waals surface area contributed by atoms with E-state index in [1.54, 1.807) is 49.4 Å². The van der Waals surface area contributed by atoms with E-state index in [1.807, 2.05) is 20.8 Å². The Morgan fingerprint density at radius 1 is 1.12 bits per heavy atom. The van der Waals surface area contributed by atoms with E-state index in [1.165, 1.54) is 18.1 Å². The Bertz CT molecular complexity index is 1130. The third kappa shape index (κ3) is 7.63. The first-order chi connectivity index (χ1) is 15.7. The van der Waals surface area contributed by atoms with E-state index in [9.17, 15) is 18.0 Å². The molecule has 0 saturated heterocycles. The smallest absolute Gasteiger partial charge is 0.244 e. The highest BCUT2D eigenvalue weighted by atomic mass is 35.5. The molecule has 2 aromatic rings. The lowest BCUT2D eigenvalue weighted by Gasteiger charge is -2.33. The molecule has 0 unspecified atom stereocenters. The summed E-state index contributed by atoms with van der Waals surface area (Å²) in [7, 11) is -2.36. The maximum Gasteiger partial charge on any atom is 0.244 e. The average molecular weight is 510 g/mol. The number of amides is 2. The van der Waals surface area contributed by atoms with Crippen LogP contribution in [-0.4, -0.2) is 56.6 Å². The van der Waals surface area contributed by atoms with Crippen molar-refractivity contribution < 1.29 is 22.7 Å². The highest BCUT2D eigenvalue weighted by Gasteiger charge is 2.31. The van der Waals surface area contributed by atoms with Crippen LogP contribution in [0, 0.1) is 0 Å². The molecule has 0 fully saturated rings. The molecule has 10 heteroatoms. The first-order valence-corrected chi connectivity index (χ1v) is 12.9. The average Bonchev–Trinajstić information content (AvgIpc) is 2.74. The van der Waals surface area contributed by atoms with Gasteiger partial charge in [0.05, 0.1) is 19.1 Å². The molecule has 0 heterocycles. The largest absolute Gasteiger partial charge is 0.497 e. The van der Waals surface area contributed by atoms with Crippen molar-refractivity contribution in [2.24, 2.45) is 0 Å². The summed E-state index contributed by atoms with van der Waals surface area (Å²) in [5.74, 6) is -0.464. The van der Waals surface area contributed by atoms with E-state index in [-0.39, 0.29) is 18.1 Å². The minimum atomic E-state index is -3.82. The molecule has 8 nitrogen and oxygen atoms in total. The van der Waals surface area contributed by atoms with Crippen LogP contribution in [0.1, 0.15) is 33.3 Å². The second-order valence-electron chi connectivity index (χ2n) is 9.00. The minimum absolute atomic E-state index is 0.0347. The fourth-order valence-electron chi connectivity index (χ4n) is 3.25. The molecule has 0 saturated carbocycles. The van der Waals surface area contributed by atoms with Crippen molar-refractivity contribution in [3.05, 3.63) is 59.1 Å². The van der Waals surface area contributed by atoms with Gasteiger partial charge >= 0.3 is 0 Å². The minimum Gasteiger partial charge on any atom is -0.497 e. The lowest BCUT2D eigenvalue weighted by molar-refractivity contribution is -0.140. The Kier molecular flexibility index (Phi) is 8.96. The summed E-state index contributed by atoms with van der Waals surface area (Å²) >= 11 is 6.31. The zero-order chi connectivity index (χ0) is 25.7. The van der Waals surface area contributed by atoms with Crippen LogP contribution in [0.4, 0.5) is 5.69 Å². The lowest BCUT2D eigenvalue weighted by atomic mass is 10.1. The molecule has 0 spiro atoms. The van der Waals surface area contributed by atoms with Gasteiger partial charge in [0.15, 0.2) is 0 Å². The lowest BCUT2D eigenvalue weighted by Crippen LogP contribution is -2.54. The maximum atomic E-state index is 13.5. The Labute approximate surface area is 206 Å². The van der Waals surface area contributed by atoms with Gasteiger partial charge in [-0.15, -0.1) is 0 Å². The monoisotopic (exact) mass is 509 g/mol. The van der Waals surface area contributed by atoms with Crippen LogP contribution in [0.25, 0.3) is 0 Å². The van der Waals surface area contributed by atoms with Gasteiger partial charge < -0.3 is 15.0 Å². The fraction of sp³-hybridized carbons (Fsp3) is 0.417. The van der Waals surface area contributed by atoms with Gasteiger partial charge in [-0.25, -0.2) is 8.42 Å². The molecule has 0 aliphatic rings. The second-order valence-corrected chi connectivity index (χ2v) is 11.3. The highest BCUT2D eigenvalue weighted by Crippen LogP contribution is 2.24. The van der Waals surface area contributed by atoms with Gasteiger partial charge in [0.25, 0.3) is 0 Å². The standard InChI is InChI=1S/C24H32ClN3O5S/c1-17(23(30)26-24(2,3)4)27(15-18-10-7-8-13-21(18)25)22(29)16-28(34(6,31)32)19-11-9-12-20(14-19)33-5/h7-14,17H,15-16H2,1-6H3,(H,26,30)/t17-/m0/s1. The van der Waals surface area contributed by atoms with Gasteiger partial charge in [-0.3, -0.25) is 13.9 Å². The Balaban J connectivity index is 2.43. The van der Waals surface area contributed by atoms with Gasteiger partial charge in [-0.05, 0) is 51.5 Å². The molecule has 0 radical (unpaired) electrons. The van der Waals surface area contributed by atoms with Crippen molar-refractivity contribution in [3.8, 4) is 5.75 Å². The normalized spacial score (nSPS) is 12.6. The summed E-state index contributed by atoms with van der Waals surface area (Å²) in [5.41, 5.74) is 0.406. The molecule has 2 amide bonds. The number of carbonyl (C=O) groups is 2. The summed E-state index contributed by atoms with van der Waals surface area (Å²) in [6.07, 6.45) is 1.02. The Morgan fingerprint density at radius 2 is 1.76 bits per heavy atom. The van der Waals surface area contributed by atoms with Crippen LogP contribution in [0.5, 0.6) is 5.75 Å². The quantitative estimate of drug-likeness (QED) is 0.558. The van der Waals surface area contributed by atoms with Crippen molar-refractivity contribution in [2.75, 3.05) is 24.2 Å². The number of ether oxygens (including phenoxy) is 1. The molecule has 0 aromatic heterocycles. The molecule has 2 aromatic carbocycles. The zero-order valence-corrected chi connectivity index (χ0v) is 21.9. The first kappa shape index (κ1) is 27.5. The number of hydrogen-bond acceptors (Lipinski definition) is 5. The maximum absolute atomic E-state index is 13.5. The number of hydrogen-bond donors (Lipinski definition) is 1. The number of benzene rings is 2. The molecular formula is C24H32ClN3O5S. The molecule has 1 atom stereocenters. The Morgan fingerprint density at radius 3 is 2.32 bits per heavy atom. The third-order valence-electron chi connectivity index (χ3n) is 4.98. The topological polar surface area (TPSA) is 96.0 Å². The first-order valence-electron chi connectivity index (χ1n) is 10.7. The third-order valence-corrected chi connectivity index (χ3v) is 6.49. The van der Waals surface area contributed by atoms with Crippen molar-refractivity contribution >= 4 is 39.1 Å². The summed E-state index contributed by atoms with van der Waals surface area (Å²) < 4.78 is 31.4. The number of sulfonamides is 1. The van der Waals surface area contributed by atoms with E-state index >= 15 is 0 Å². The molecule has 0 bridgehead atoms.